The topological polar surface area (TPSA) is 71.5 Å². The molecule has 0 saturated carbocycles. The van der Waals surface area contributed by atoms with Crippen molar-refractivity contribution in [3.8, 4) is 11.1 Å². The van der Waals surface area contributed by atoms with Crippen molar-refractivity contribution >= 4 is 11.8 Å². The van der Waals surface area contributed by atoms with Crippen molar-refractivity contribution < 1.29 is 14.3 Å². The van der Waals surface area contributed by atoms with Gasteiger partial charge in [-0.1, -0.05) is 24.3 Å². The van der Waals surface area contributed by atoms with E-state index < -0.39 is 0 Å². The van der Waals surface area contributed by atoms with Gasteiger partial charge in [-0.2, -0.15) is 0 Å². The molecule has 1 saturated heterocycles. The van der Waals surface area contributed by atoms with Crippen molar-refractivity contribution in [3.63, 3.8) is 0 Å². The summed E-state index contributed by atoms with van der Waals surface area (Å²) >= 11 is 0. The number of hydrogen-bond donors (Lipinski definition) is 1. The van der Waals surface area contributed by atoms with E-state index in [1.807, 2.05) is 36.4 Å². The van der Waals surface area contributed by atoms with Crippen molar-refractivity contribution in [1.82, 2.24) is 15.2 Å². The Labute approximate surface area is 146 Å². The number of carbonyl (C=O) groups is 2. The summed E-state index contributed by atoms with van der Waals surface area (Å²) in [6.45, 7) is 4.22. The quantitative estimate of drug-likeness (QED) is 0.923. The summed E-state index contributed by atoms with van der Waals surface area (Å²) in [6.07, 6.45) is 1.64. The van der Waals surface area contributed by atoms with Gasteiger partial charge in [-0.15, -0.1) is 0 Å². The lowest BCUT2D eigenvalue weighted by Crippen LogP contribution is -2.41. The molecular formula is C19H21N3O3. The maximum Gasteiger partial charge on any atom is 0.273 e. The molecule has 0 unspecified atom stereocenters. The maximum absolute atomic E-state index is 12.8. The minimum Gasteiger partial charge on any atom is -0.378 e. The van der Waals surface area contributed by atoms with Crippen molar-refractivity contribution in [1.29, 1.82) is 0 Å². The summed E-state index contributed by atoms with van der Waals surface area (Å²) in [5.74, 6) is -0.152. The molecule has 1 N–H and O–H groups in total. The highest BCUT2D eigenvalue weighted by Gasteiger charge is 2.22. The fourth-order valence-corrected chi connectivity index (χ4v) is 2.80. The van der Waals surface area contributed by atoms with Crippen LogP contribution in [0.4, 0.5) is 0 Å². The van der Waals surface area contributed by atoms with Crippen molar-refractivity contribution in [3.05, 3.63) is 53.9 Å². The predicted octanol–water partition coefficient (Wildman–Crippen LogP) is 1.86. The predicted molar refractivity (Wildman–Crippen MR) is 93.9 cm³/mol. The maximum atomic E-state index is 12.8. The third-order valence-corrected chi connectivity index (χ3v) is 4.09. The first-order valence-corrected chi connectivity index (χ1v) is 8.31. The second-order valence-corrected chi connectivity index (χ2v) is 5.91. The number of hydrogen-bond acceptors (Lipinski definition) is 4. The van der Waals surface area contributed by atoms with E-state index in [1.54, 1.807) is 11.1 Å². The molecule has 1 fully saturated rings. The van der Waals surface area contributed by atoms with Crippen LogP contribution in [0, 0.1) is 0 Å². The lowest BCUT2D eigenvalue weighted by Gasteiger charge is -2.27. The van der Waals surface area contributed by atoms with E-state index in [9.17, 15) is 9.59 Å². The molecule has 0 aliphatic carbocycles. The molecule has 2 aromatic rings. The molecule has 25 heavy (non-hydrogen) atoms. The fraction of sp³-hybridized carbons (Fsp3) is 0.316. The van der Waals surface area contributed by atoms with Gasteiger partial charge in [-0.3, -0.25) is 14.6 Å². The number of rotatable bonds is 4. The smallest absolute Gasteiger partial charge is 0.273 e. The molecule has 0 bridgehead atoms. The SMILES string of the molecule is CC(=O)NCc1cccc(-c2cccnc2C(=O)N2CCOCC2)c1. The fourth-order valence-electron chi connectivity index (χ4n) is 2.80. The van der Waals surface area contributed by atoms with Crippen LogP contribution in [0.3, 0.4) is 0 Å². The Bertz CT molecular complexity index is 770. The van der Waals surface area contributed by atoms with E-state index in [2.05, 4.69) is 10.3 Å². The summed E-state index contributed by atoms with van der Waals surface area (Å²) in [7, 11) is 0. The minimum absolute atomic E-state index is 0.0741. The van der Waals surface area contributed by atoms with E-state index in [4.69, 9.17) is 4.74 Å². The van der Waals surface area contributed by atoms with Gasteiger partial charge in [0, 0.05) is 38.3 Å². The third kappa shape index (κ3) is 4.22. The molecule has 2 heterocycles. The zero-order valence-electron chi connectivity index (χ0n) is 14.2. The van der Waals surface area contributed by atoms with E-state index in [-0.39, 0.29) is 11.8 Å². The Kier molecular flexibility index (Phi) is 5.40. The van der Waals surface area contributed by atoms with Gasteiger partial charge in [0.1, 0.15) is 5.69 Å². The summed E-state index contributed by atoms with van der Waals surface area (Å²) < 4.78 is 5.31. The van der Waals surface area contributed by atoms with Crippen LogP contribution in [0.5, 0.6) is 0 Å². The van der Waals surface area contributed by atoms with Gasteiger partial charge in [-0.25, -0.2) is 0 Å². The summed E-state index contributed by atoms with van der Waals surface area (Å²) in [5, 5.41) is 2.79. The summed E-state index contributed by atoms with van der Waals surface area (Å²) in [4.78, 5) is 30.1. The van der Waals surface area contributed by atoms with Gasteiger partial charge in [0.25, 0.3) is 5.91 Å². The lowest BCUT2D eigenvalue weighted by atomic mass is 10.0. The first-order chi connectivity index (χ1) is 12.1. The van der Waals surface area contributed by atoms with Gasteiger partial charge in [0.2, 0.25) is 5.91 Å². The number of amides is 2. The monoisotopic (exact) mass is 339 g/mol. The molecule has 0 radical (unpaired) electrons. The number of pyridine rings is 1. The van der Waals surface area contributed by atoms with Gasteiger partial charge < -0.3 is 15.0 Å². The highest BCUT2D eigenvalue weighted by molar-refractivity contribution is 5.99. The highest BCUT2D eigenvalue weighted by Crippen LogP contribution is 2.24. The van der Waals surface area contributed by atoms with Crippen molar-refractivity contribution in [2.75, 3.05) is 26.3 Å². The number of morpholine rings is 1. The normalized spacial score (nSPS) is 14.2. The van der Waals surface area contributed by atoms with E-state index in [0.717, 1.165) is 16.7 Å². The summed E-state index contributed by atoms with van der Waals surface area (Å²) in [5.41, 5.74) is 3.12. The van der Waals surface area contributed by atoms with Crippen molar-refractivity contribution in [2.45, 2.75) is 13.5 Å². The Hall–Kier alpha value is -2.73. The van der Waals surface area contributed by atoms with Crippen LogP contribution in [0.1, 0.15) is 23.0 Å². The Morgan fingerprint density at radius 2 is 2.00 bits per heavy atom. The average molecular weight is 339 g/mol. The lowest BCUT2D eigenvalue weighted by molar-refractivity contribution is -0.119. The Balaban J connectivity index is 1.89. The number of nitrogens with one attached hydrogen (secondary N) is 1. The Morgan fingerprint density at radius 3 is 2.76 bits per heavy atom. The molecule has 0 atom stereocenters. The number of ether oxygens (including phenoxy) is 1. The highest BCUT2D eigenvalue weighted by atomic mass is 16.5. The van der Waals surface area contributed by atoms with Crippen LogP contribution in [-0.2, 0) is 16.1 Å². The largest absolute Gasteiger partial charge is 0.378 e. The standard InChI is InChI=1S/C19H21N3O3/c1-14(23)21-13-15-4-2-5-16(12-15)17-6-3-7-20-18(17)19(24)22-8-10-25-11-9-22/h2-7,12H,8-11,13H2,1H3,(H,21,23). The average Bonchev–Trinajstić information content (AvgIpc) is 2.67. The number of aromatic nitrogens is 1. The molecule has 3 rings (SSSR count). The van der Waals surface area contributed by atoms with Crippen molar-refractivity contribution in [2.24, 2.45) is 0 Å². The van der Waals surface area contributed by atoms with E-state index in [0.29, 0.717) is 38.5 Å². The molecule has 1 aromatic carbocycles. The van der Waals surface area contributed by atoms with Gasteiger partial charge in [0.15, 0.2) is 0 Å². The third-order valence-electron chi connectivity index (χ3n) is 4.09. The number of carbonyl (C=O) groups excluding carboxylic acids is 2. The molecular weight excluding hydrogens is 318 g/mol. The first kappa shape index (κ1) is 17.1. The van der Waals surface area contributed by atoms with Gasteiger partial charge >= 0.3 is 0 Å². The summed E-state index contributed by atoms with van der Waals surface area (Å²) in [6, 6.07) is 11.5. The molecule has 1 aliphatic rings. The zero-order chi connectivity index (χ0) is 17.6. The minimum atomic E-state index is -0.0776. The van der Waals surface area contributed by atoms with E-state index >= 15 is 0 Å². The van der Waals surface area contributed by atoms with Crippen LogP contribution in [0.15, 0.2) is 42.6 Å². The molecule has 1 aliphatic heterocycles. The molecule has 2 amide bonds. The molecule has 6 nitrogen and oxygen atoms in total. The van der Waals surface area contributed by atoms with Gasteiger partial charge in [0.05, 0.1) is 13.2 Å². The zero-order valence-corrected chi connectivity index (χ0v) is 14.2. The second kappa shape index (κ2) is 7.90. The molecule has 130 valence electrons. The molecule has 0 spiro atoms. The van der Waals surface area contributed by atoms with Crippen LogP contribution >= 0.6 is 0 Å². The van der Waals surface area contributed by atoms with Crippen LogP contribution in [0.2, 0.25) is 0 Å². The number of benzene rings is 1. The Morgan fingerprint density at radius 1 is 1.20 bits per heavy atom. The van der Waals surface area contributed by atoms with Crippen LogP contribution < -0.4 is 5.32 Å². The molecule has 1 aromatic heterocycles. The molecule has 6 heteroatoms. The first-order valence-electron chi connectivity index (χ1n) is 8.31. The van der Waals surface area contributed by atoms with Gasteiger partial charge in [-0.05, 0) is 23.3 Å². The van der Waals surface area contributed by atoms with Crippen LogP contribution in [0.25, 0.3) is 11.1 Å². The number of nitrogens with zero attached hydrogens (tertiary/aromatic N) is 2. The second-order valence-electron chi connectivity index (χ2n) is 5.91. The van der Waals surface area contributed by atoms with Crippen LogP contribution in [-0.4, -0.2) is 48.0 Å². The van der Waals surface area contributed by atoms with E-state index in [1.165, 1.54) is 6.92 Å².